The highest BCUT2D eigenvalue weighted by Crippen LogP contribution is 2.30. The zero-order valence-electron chi connectivity index (χ0n) is 15.6. The van der Waals surface area contributed by atoms with E-state index in [4.69, 9.17) is 4.74 Å². The van der Waals surface area contributed by atoms with E-state index in [0.717, 1.165) is 24.1 Å². The number of ether oxygens (including phenoxy) is 1. The molecule has 0 saturated carbocycles. The Bertz CT molecular complexity index is 968. The van der Waals surface area contributed by atoms with Crippen molar-refractivity contribution in [2.24, 2.45) is 0 Å². The van der Waals surface area contributed by atoms with Crippen molar-refractivity contribution in [3.63, 3.8) is 0 Å². The second-order valence-electron chi connectivity index (χ2n) is 6.91. The van der Waals surface area contributed by atoms with E-state index >= 15 is 0 Å². The van der Waals surface area contributed by atoms with Crippen molar-refractivity contribution < 1.29 is 13.9 Å². The molecular formula is C20H22FN5O2. The highest BCUT2D eigenvalue weighted by Gasteiger charge is 2.31. The van der Waals surface area contributed by atoms with E-state index in [2.05, 4.69) is 20.2 Å². The third kappa shape index (κ3) is 3.54. The van der Waals surface area contributed by atoms with Gasteiger partial charge in [-0.25, -0.2) is 14.4 Å². The monoisotopic (exact) mass is 383 g/mol. The van der Waals surface area contributed by atoms with Crippen LogP contribution in [0.1, 0.15) is 37.8 Å². The summed E-state index contributed by atoms with van der Waals surface area (Å²) >= 11 is 0. The van der Waals surface area contributed by atoms with Crippen LogP contribution in [0.4, 0.5) is 4.39 Å². The molecule has 3 aromatic rings. The molecule has 8 heteroatoms. The van der Waals surface area contributed by atoms with E-state index in [-0.39, 0.29) is 17.6 Å². The Labute approximate surface area is 161 Å². The molecule has 28 heavy (non-hydrogen) atoms. The number of piperidine rings is 1. The average Bonchev–Trinajstić information content (AvgIpc) is 3.17. The van der Waals surface area contributed by atoms with E-state index in [1.165, 1.54) is 6.07 Å². The van der Waals surface area contributed by atoms with Crippen molar-refractivity contribution in [2.45, 2.75) is 38.2 Å². The molecule has 1 atom stereocenters. The minimum absolute atomic E-state index is 0.0986. The first kappa shape index (κ1) is 18.3. The van der Waals surface area contributed by atoms with E-state index < -0.39 is 11.9 Å². The summed E-state index contributed by atoms with van der Waals surface area (Å²) < 4.78 is 19.5. The van der Waals surface area contributed by atoms with Crippen LogP contribution in [-0.2, 0) is 4.79 Å². The molecule has 0 bridgehead atoms. The zero-order valence-corrected chi connectivity index (χ0v) is 15.6. The van der Waals surface area contributed by atoms with E-state index in [0.29, 0.717) is 25.2 Å². The summed E-state index contributed by atoms with van der Waals surface area (Å²) in [6.07, 6.45) is 4.67. The Balaban J connectivity index is 1.41. The molecule has 146 valence electrons. The zero-order chi connectivity index (χ0) is 19.5. The van der Waals surface area contributed by atoms with Crippen molar-refractivity contribution in [1.29, 1.82) is 0 Å². The molecule has 0 radical (unpaired) electrons. The van der Waals surface area contributed by atoms with Crippen LogP contribution in [0.3, 0.4) is 0 Å². The SMILES string of the molecule is CC[C@H](Oc1ccccc1F)C(=O)N1CCC(c2[nH]nc3nccnc23)CC1. The van der Waals surface area contributed by atoms with Crippen LogP contribution in [0.15, 0.2) is 36.7 Å². The molecule has 1 aliphatic rings. The van der Waals surface area contributed by atoms with Gasteiger partial charge in [0.1, 0.15) is 5.52 Å². The number of likely N-dealkylation sites (tertiary alicyclic amines) is 1. The number of nitrogens with one attached hydrogen (secondary N) is 1. The molecule has 1 saturated heterocycles. The first-order valence-corrected chi connectivity index (χ1v) is 9.52. The summed E-state index contributed by atoms with van der Waals surface area (Å²) in [4.78, 5) is 23.3. The Kier molecular flexibility index (Phi) is 5.18. The standard InChI is InChI=1S/C20H22FN5O2/c1-2-15(28-16-6-4-3-5-14(16)21)20(27)26-11-7-13(8-12-26)17-18-19(25-24-17)23-10-9-22-18/h3-6,9-10,13,15H,2,7-8,11-12H2,1H3,(H,23,24,25)/t15-/m0/s1. The number of benzene rings is 1. The van der Waals surface area contributed by atoms with Gasteiger partial charge in [-0.2, -0.15) is 5.10 Å². The lowest BCUT2D eigenvalue weighted by molar-refractivity contribution is -0.140. The summed E-state index contributed by atoms with van der Waals surface area (Å²) in [6, 6.07) is 6.16. The quantitative estimate of drug-likeness (QED) is 0.732. The van der Waals surface area contributed by atoms with Crippen LogP contribution in [0.2, 0.25) is 0 Å². The fourth-order valence-corrected chi connectivity index (χ4v) is 3.65. The van der Waals surface area contributed by atoms with Crippen LogP contribution in [0.25, 0.3) is 11.2 Å². The molecule has 1 aromatic carbocycles. The molecular weight excluding hydrogens is 361 g/mol. The molecule has 1 N–H and O–H groups in total. The van der Waals surface area contributed by atoms with E-state index in [1.807, 2.05) is 6.92 Å². The predicted molar refractivity (Wildman–Crippen MR) is 101 cm³/mol. The largest absolute Gasteiger partial charge is 0.478 e. The second-order valence-corrected chi connectivity index (χ2v) is 6.91. The third-order valence-electron chi connectivity index (χ3n) is 5.18. The second kappa shape index (κ2) is 7.92. The predicted octanol–water partition coefficient (Wildman–Crippen LogP) is 3.06. The van der Waals surface area contributed by atoms with Gasteiger partial charge in [0.05, 0.1) is 5.69 Å². The summed E-state index contributed by atoms with van der Waals surface area (Å²) in [7, 11) is 0. The topological polar surface area (TPSA) is 84.0 Å². The van der Waals surface area contributed by atoms with Crippen molar-refractivity contribution in [1.82, 2.24) is 25.1 Å². The summed E-state index contributed by atoms with van der Waals surface area (Å²) in [5.41, 5.74) is 2.38. The summed E-state index contributed by atoms with van der Waals surface area (Å²) in [6.45, 7) is 3.09. The Morgan fingerprint density at radius 2 is 2.04 bits per heavy atom. The highest BCUT2D eigenvalue weighted by molar-refractivity contribution is 5.81. The fourth-order valence-electron chi connectivity index (χ4n) is 3.65. The van der Waals surface area contributed by atoms with Crippen LogP contribution in [0.5, 0.6) is 5.75 Å². The maximum absolute atomic E-state index is 13.9. The van der Waals surface area contributed by atoms with Crippen LogP contribution < -0.4 is 4.74 Å². The first-order chi connectivity index (χ1) is 13.7. The number of hydrogen-bond donors (Lipinski definition) is 1. The van der Waals surface area contributed by atoms with Crippen molar-refractivity contribution >= 4 is 17.1 Å². The maximum Gasteiger partial charge on any atom is 0.263 e. The summed E-state index contributed by atoms with van der Waals surface area (Å²) in [5, 5.41) is 7.27. The number of amides is 1. The molecule has 0 spiro atoms. The van der Waals surface area contributed by atoms with Gasteiger partial charge in [0, 0.05) is 31.4 Å². The number of aromatic amines is 1. The number of rotatable bonds is 5. The van der Waals surface area contributed by atoms with Crippen LogP contribution in [0, 0.1) is 5.82 Å². The lowest BCUT2D eigenvalue weighted by Crippen LogP contribution is -2.45. The molecule has 0 aliphatic carbocycles. The van der Waals surface area contributed by atoms with Gasteiger partial charge in [-0.15, -0.1) is 0 Å². The van der Waals surface area contributed by atoms with Crippen molar-refractivity contribution in [2.75, 3.05) is 13.1 Å². The number of aromatic nitrogens is 4. The molecule has 1 aliphatic heterocycles. The van der Waals surface area contributed by atoms with Gasteiger partial charge in [0.15, 0.2) is 23.3 Å². The number of halogens is 1. The minimum atomic E-state index is -0.688. The third-order valence-corrected chi connectivity index (χ3v) is 5.18. The van der Waals surface area contributed by atoms with Gasteiger partial charge in [-0.05, 0) is 31.4 Å². The van der Waals surface area contributed by atoms with E-state index in [1.54, 1.807) is 35.5 Å². The van der Waals surface area contributed by atoms with E-state index in [9.17, 15) is 9.18 Å². The summed E-state index contributed by atoms with van der Waals surface area (Å²) in [5.74, 6) is -0.198. The van der Waals surface area contributed by atoms with Gasteiger partial charge >= 0.3 is 0 Å². The smallest absolute Gasteiger partial charge is 0.263 e. The van der Waals surface area contributed by atoms with Crippen LogP contribution >= 0.6 is 0 Å². The number of nitrogens with zero attached hydrogens (tertiary/aromatic N) is 4. The minimum Gasteiger partial charge on any atom is -0.478 e. The highest BCUT2D eigenvalue weighted by atomic mass is 19.1. The molecule has 1 fully saturated rings. The number of para-hydroxylation sites is 1. The van der Waals surface area contributed by atoms with Gasteiger partial charge in [-0.3, -0.25) is 9.89 Å². The van der Waals surface area contributed by atoms with Gasteiger partial charge in [0.25, 0.3) is 5.91 Å². The Morgan fingerprint density at radius 3 is 2.79 bits per heavy atom. The fraction of sp³-hybridized carbons (Fsp3) is 0.400. The number of hydrogen-bond acceptors (Lipinski definition) is 5. The normalized spacial score (nSPS) is 16.3. The van der Waals surface area contributed by atoms with Crippen molar-refractivity contribution in [3.05, 3.63) is 48.2 Å². The molecule has 4 rings (SSSR count). The lowest BCUT2D eigenvalue weighted by atomic mass is 9.92. The number of H-pyrrole nitrogens is 1. The lowest BCUT2D eigenvalue weighted by Gasteiger charge is -2.33. The molecule has 7 nitrogen and oxygen atoms in total. The van der Waals surface area contributed by atoms with Gasteiger partial charge < -0.3 is 9.64 Å². The number of carbonyl (C=O) groups excluding carboxylic acids is 1. The van der Waals surface area contributed by atoms with Gasteiger partial charge in [-0.1, -0.05) is 19.1 Å². The first-order valence-electron chi connectivity index (χ1n) is 9.52. The van der Waals surface area contributed by atoms with Crippen molar-refractivity contribution in [3.8, 4) is 5.75 Å². The Hall–Kier alpha value is -3.03. The average molecular weight is 383 g/mol. The molecule has 0 unspecified atom stereocenters. The molecule has 2 aromatic heterocycles. The number of fused-ring (bicyclic) bond motifs is 1. The maximum atomic E-state index is 13.9. The van der Waals surface area contributed by atoms with Gasteiger partial charge in [0.2, 0.25) is 0 Å². The Morgan fingerprint density at radius 1 is 1.29 bits per heavy atom. The number of carbonyl (C=O) groups is 1. The van der Waals surface area contributed by atoms with Crippen LogP contribution in [-0.4, -0.2) is 50.2 Å². The molecule has 3 heterocycles. The molecule has 1 amide bonds.